The van der Waals surface area contributed by atoms with Crippen LogP contribution in [0.2, 0.25) is 0 Å². The summed E-state index contributed by atoms with van der Waals surface area (Å²) in [6.45, 7) is 29.1. The summed E-state index contributed by atoms with van der Waals surface area (Å²) in [5.41, 5.74) is 0. The van der Waals surface area contributed by atoms with Gasteiger partial charge < -0.3 is 18.9 Å². The lowest BCUT2D eigenvalue weighted by Crippen LogP contribution is -2.10. The summed E-state index contributed by atoms with van der Waals surface area (Å²) < 4.78 is 19.2. The zero-order valence-corrected chi connectivity index (χ0v) is 28.8. The van der Waals surface area contributed by atoms with Gasteiger partial charge in [-0.1, -0.05) is 121 Å². The van der Waals surface area contributed by atoms with Crippen LogP contribution in [-0.4, -0.2) is 44.7 Å². The molecule has 1 fully saturated rings. The summed E-state index contributed by atoms with van der Waals surface area (Å²) in [5, 5.41) is 0. The maximum atomic E-state index is 10.5. The highest BCUT2D eigenvalue weighted by molar-refractivity contribution is 5.70. The summed E-state index contributed by atoms with van der Waals surface area (Å²) in [6, 6.07) is 0. The van der Waals surface area contributed by atoms with Gasteiger partial charge in [0.15, 0.2) is 0 Å². The lowest BCUT2D eigenvalue weighted by molar-refractivity contribution is -0.166. The van der Waals surface area contributed by atoms with E-state index < -0.39 is 0 Å². The number of hydrogen-bond acceptors (Lipinski definition) is 6. The Morgan fingerprint density at radius 1 is 0.692 bits per heavy atom. The van der Waals surface area contributed by atoms with Gasteiger partial charge in [0.2, 0.25) is 6.79 Å². The molecule has 0 N–H and O–H groups in total. The predicted octanol–water partition coefficient (Wildman–Crippen LogP) is 10.2. The molecule has 0 heterocycles. The largest absolute Gasteiger partial charge is 0.428 e. The molecular formula is C33H72O6. The summed E-state index contributed by atoms with van der Waals surface area (Å²) in [5.74, 6) is 1.02. The van der Waals surface area contributed by atoms with Gasteiger partial charge in [-0.2, -0.15) is 0 Å². The molecule has 1 rings (SSSR count). The summed E-state index contributed by atoms with van der Waals surface area (Å²) in [4.78, 5) is 20.9. The van der Waals surface area contributed by atoms with E-state index in [0.29, 0.717) is 24.9 Å². The third kappa shape index (κ3) is 57.7. The Balaban J connectivity index is -0.000000126. The maximum absolute atomic E-state index is 10.5. The van der Waals surface area contributed by atoms with Crippen molar-refractivity contribution in [2.45, 2.75) is 167 Å². The molecule has 0 aliphatic heterocycles. The van der Waals surface area contributed by atoms with E-state index in [0.717, 1.165) is 32.2 Å². The minimum absolute atomic E-state index is 0.265. The monoisotopic (exact) mass is 565 g/mol. The summed E-state index contributed by atoms with van der Waals surface area (Å²) in [6.07, 6.45) is 13.6. The van der Waals surface area contributed by atoms with Crippen molar-refractivity contribution >= 4 is 11.9 Å². The van der Waals surface area contributed by atoms with Crippen LogP contribution < -0.4 is 0 Å². The average molecular weight is 565 g/mol. The highest BCUT2D eigenvalue weighted by atomic mass is 16.7. The zero-order chi connectivity index (χ0) is 31.3. The predicted molar refractivity (Wildman–Crippen MR) is 169 cm³/mol. The van der Waals surface area contributed by atoms with Gasteiger partial charge in [0.05, 0.1) is 6.10 Å². The van der Waals surface area contributed by atoms with Gasteiger partial charge in [-0.15, -0.1) is 0 Å². The third-order valence-electron chi connectivity index (χ3n) is 5.02. The van der Waals surface area contributed by atoms with Gasteiger partial charge in [0.1, 0.15) is 0 Å². The highest BCUT2D eigenvalue weighted by Crippen LogP contribution is 2.25. The van der Waals surface area contributed by atoms with Crippen LogP contribution in [0.5, 0.6) is 0 Å². The maximum Gasteiger partial charge on any atom is 0.308 e. The van der Waals surface area contributed by atoms with Crippen molar-refractivity contribution in [3.63, 3.8) is 0 Å². The molecule has 0 amide bonds. The van der Waals surface area contributed by atoms with Crippen molar-refractivity contribution in [2.24, 2.45) is 11.8 Å². The first-order valence-corrected chi connectivity index (χ1v) is 16.0. The van der Waals surface area contributed by atoms with E-state index in [1.54, 1.807) is 13.8 Å². The molecule has 6 nitrogen and oxygen atoms in total. The fourth-order valence-corrected chi connectivity index (χ4v) is 2.64. The van der Waals surface area contributed by atoms with Crippen LogP contribution in [0.15, 0.2) is 0 Å². The molecule has 0 bridgehead atoms. The molecule has 1 aliphatic rings. The Kier molecular flexibility index (Phi) is 53.6. The van der Waals surface area contributed by atoms with Gasteiger partial charge in [-0.05, 0) is 39.0 Å². The molecule has 240 valence electrons. The third-order valence-corrected chi connectivity index (χ3v) is 5.02. The van der Waals surface area contributed by atoms with E-state index in [4.69, 9.17) is 9.47 Å². The fourth-order valence-electron chi connectivity index (χ4n) is 2.64. The van der Waals surface area contributed by atoms with Crippen LogP contribution in [0.4, 0.5) is 0 Å². The molecule has 0 saturated heterocycles. The van der Waals surface area contributed by atoms with Gasteiger partial charge >= 0.3 is 11.9 Å². The minimum Gasteiger partial charge on any atom is -0.428 e. The smallest absolute Gasteiger partial charge is 0.308 e. The number of rotatable bonds is 11. The van der Waals surface area contributed by atoms with E-state index in [1.165, 1.54) is 51.4 Å². The minimum atomic E-state index is -0.367. The van der Waals surface area contributed by atoms with Crippen molar-refractivity contribution in [2.75, 3.05) is 26.6 Å². The number of hydrogen-bond donors (Lipinski definition) is 0. The van der Waals surface area contributed by atoms with Crippen LogP contribution in [-0.2, 0) is 28.5 Å². The second-order valence-corrected chi connectivity index (χ2v) is 9.91. The topological polar surface area (TPSA) is 71.1 Å². The second kappa shape index (κ2) is 43.9. The zero-order valence-electron chi connectivity index (χ0n) is 28.8. The van der Waals surface area contributed by atoms with Gasteiger partial charge in [-0.3, -0.25) is 9.59 Å². The molecule has 1 unspecified atom stereocenters. The van der Waals surface area contributed by atoms with Crippen LogP contribution in [0.25, 0.3) is 0 Å². The van der Waals surface area contributed by atoms with Gasteiger partial charge in [-0.25, -0.2) is 0 Å². The van der Waals surface area contributed by atoms with Crippen molar-refractivity contribution in [1.29, 1.82) is 0 Å². The number of esters is 2. The van der Waals surface area contributed by atoms with E-state index in [2.05, 4.69) is 71.8 Å². The lowest BCUT2D eigenvalue weighted by atomic mass is 9.88. The first kappa shape index (κ1) is 47.6. The van der Waals surface area contributed by atoms with Crippen LogP contribution >= 0.6 is 0 Å². The van der Waals surface area contributed by atoms with Gasteiger partial charge in [0, 0.05) is 32.7 Å². The van der Waals surface area contributed by atoms with E-state index in [9.17, 15) is 9.59 Å². The van der Waals surface area contributed by atoms with Gasteiger partial charge in [0.25, 0.3) is 0 Å². The summed E-state index contributed by atoms with van der Waals surface area (Å²) in [7, 11) is 0. The quantitative estimate of drug-likeness (QED) is 0.184. The molecule has 39 heavy (non-hydrogen) atoms. The molecule has 0 aromatic heterocycles. The summed E-state index contributed by atoms with van der Waals surface area (Å²) >= 11 is 0. The van der Waals surface area contributed by atoms with E-state index in [-0.39, 0.29) is 18.7 Å². The Labute approximate surface area is 245 Å². The van der Waals surface area contributed by atoms with Crippen LogP contribution in [0, 0.1) is 11.8 Å². The van der Waals surface area contributed by atoms with Crippen molar-refractivity contribution in [1.82, 2.24) is 0 Å². The second-order valence-electron chi connectivity index (χ2n) is 9.91. The Morgan fingerprint density at radius 3 is 1.33 bits per heavy atom. The fraction of sp³-hybridized carbons (Fsp3) is 0.939. The molecule has 0 aromatic carbocycles. The number of carbonyl (C=O) groups is 2. The molecular weight excluding hydrogens is 492 g/mol. The van der Waals surface area contributed by atoms with Crippen LogP contribution in [0.1, 0.15) is 161 Å². The van der Waals surface area contributed by atoms with Crippen LogP contribution in [0.3, 0.4) is 0 Å². The first-order valence-electron chi connectivity index (χ1n) is 16.0. The van der Waals surface area contributed by atoms with Crippen molar-refractivity contribution in [3.05, 3.63) is 0 Å². The standard InChI is InChI=1S/C8H18O.C8H16.C7H12O4.C4H10O.2C3H8/c1-5-8(4)9-6-7(2)3;1-2-8-6-4-3-5-7-8;1-3-6(8)10-5-11-7(9)4-2;1-3-5-4-2;2*1-3-2/h7-8H,5-6H2,1-4H3;8H,2-7H2,1H3;3-5H2,1-2H3;3-4H2,1-2H3;2*3H2,1-2H3. The SMILES string of the molecule is CCC.CCC.CCC(=O)OCOC(=O)CC.CCC(C)OCC(C)C.CCC1CCCCC1.CCOCC. The molecule has 0 radical (unpaired) electrons. The molecule has 1 saturated carbocycles. The highest BCUT2D eigenvalue weighted by Gasteiger charge is 2.09. The molecule has 1 aliphatic carbocycles. The molecule has 6 heteroatoms. The molecule has 0 aromatic rings. The van der Waals surface area contributed by atoms with E-state index >= 15 is 0 Å². The molecule has 1 atom stereocenters. The first-order chi connectivity index (χ1) is 18.5. The lowest BCUT2D eigenvalue weighted by Gasteiger charge is -2.18. The Hall–Kier alpha value is -1.14. The number of ether oxygens (including phenoxy) is 4. The Morgan fingerprint density at radius 2 is 1.10 bits per heavy atom. The normalized spacial score (nSPS) is 12.7. The molecule has 0 spiro atoms. The average Bonchev–Trinajstić information content (AvgIpc) is 2.94. The van der Waals surface area contributed by atoms with Crippen molar-refractivity contribution in [3.8, 4) is 0 Å². The van der Waals surface area contributed by atoms with Crippen molar-refractivity contribution < 1.29 is 28.5 Å². The van der Waals surface area contributed by atoms with E-state index in [1.807, 2.05) is 13.8 Å². The Bertz CT molecular complexity index is 414. The number of carbonyl (C=O) groups excluding carboxylic acids is 2.